The van der Waals surface area contributed by atoms with E-state index >= 15 is 0 Å². The summed E-state index contributed by atoms with van der Waals surface area (Å²) < 4.78 is 12.0. The molecule has 0 radical (unpaired) electrons. The molecular weight excluding hydrogens is 533 g/mol. The summed E-state index contributed by atoms with van der Waals surface area (Å²) in [6.45, 7) is 4.37. The molecule has 7 heteroatoms. The van der Waals surface area contributed by atoms with Crippen LogP contribution in [0.4, 0.5) is 0 Å². The molecule has 4 aromatic rings. The summed E-state index contributed by atoms with van der Waals surface area (Å²) in [5.74, 6) is 1.73. The van der Waals surface area contributed by atoms with Gasteiger partial charge in [-0.1, -0.05) is 52.6 Å². The standard InChI is InChI=1S/C32H29Cl2NO4/c1-17-6-7-20(32(36)37)14-25(17)22-12-21(13-22)24-11-10-23(15-28(24)34)38-16-26-30(35-39-31(26)19-8-9-19)29-18(2)4-3-5-27(29)33/h3-7,10-11,14-15,19,21-22H,8-9,12-13,16H2,1-2H3,(H,36,37). The number of halogens is 2. The maximum Gasteiger partial charge on any atom is 0.335 e. The van der Waals surface area contributed by atoms with Crippen LogP contribution >= 0.6 is 23.2 Å². The Kier molecular flexibility index (Phi) is 6.90. The van der Waals surface area contributed by atoms with Crippen molar-refractivity contribution in [2.24, 2.45) is 0 Å². The van der Waals surface area contributed by atoms with E-state index in [2.05, 4.69) is 5.16 Å². The van der Waals surface area contributed by atoms with Gasteiger partial charge >= 0.3 is 5.97 Å². The Bertz CT molecular complexity index is 1550. The van der Waals surface area contributed by atoms with Crippen LogP contribution in [0.5, 0.6) is 5.75 Å². The second kappa shape index (κ2) is 10.4. The average Bonchev–Trinajstić information content (AvgIpc) is 3.64. The third kappa shape index (κ3) is 5.06. The molecular formula is C32H29Cl2NO4. The number of hydrogen-bond acceptors (Lipinski definition) is 4. The number of hydrogen-bond donors (Lipinski definition) is 1. The van der Waals surface area contributed by atoms with Gasteiger partial charge in [-0.3, -0.25) is 0 Å². The van der Waals surface area contributed by atoms with Crippen molar-refractivity contribution in [3.8, 4) is 17.0 Å². The first kappa shape index (κ1) is 26.0. The second-order valence-electron chi connectivity index (χ2n) is 10.8. The lowest BCUT2D eigenvalue weighted by molar-refractivity contribution is 0.0696. The molecule has 0 unspecified atom stereocenters. The van der Waals surface area contributed by atoms with Crippen LogP contribution in [0.25, 0.3) is 11.3 Å². The number of nitrogens with zero attached hydrogens (tertiary/aromatic N) is 1. The summed E-state index contributed by atoms with van der Waals surface area (Å²) >= 11 is 13.3. The van der Waals surface area contributed by atoms with Gasteiger partial charge in [0.2, 0.25) is 0 Å². The normalized spacial score (nSPS) is 18.6. The van der Waals surface area contributed by atoms with E-state index in [0.29, 0.717) is 45.7 Å². The fourth-order valence-electron chi connectivity index (χ4n) is 5.68. The molecule has 2 saturated carbocycles. The number of aromatic nitrogens is 1. The molecule has 3 aromatic carbocycles. The minimum Gasteiger partial charge on any atom is -0.489 e. The predicted molar refractivity (Wildman–Crippen MR) is 152 cm³/mol. The van der Waals surface area contributed by atoms with Crippen molar-refractivity contribution < 1.29 is 19.2 Å². The van der Waals surface area contributed by atoms with Gasteiger partial charge in [0.15, 0.2) is 0 Å². The van der Waals surface area contributed by atoms with E-state index in [9.17, 15) is 9.90 Å². The van der Waals surface area contributed by atoms with E-state index in [1.54, 1.807) is 6.07 Å². The highest BCUT2D eigenvalue weighted by molar-refractivity contribution is 6.33. The first-order valence-corrected chi connectivity index (χ1v) is 14.1. The van der Waals surface area contributed by atoms with Crippen LogP contribution in [0, 0.1) is 13.8 Å². The van der Waals surface area contributed by atoms with Crippen LogP contribution in [0.1, 0.15) is 87.4 Å². The molecule has 0 saturated heterocycles. The second-order valence-corrected chi connectivity index (χ2v) is 11.6. The number of carboxylic acids is 1. The van der Waals surface area contributed by atoms with Crippen LogP contribution in [0.15, 0.2) is 59.1 Å². The molecule has 0 aliphatic heterocycles. The van der Waals surface area contributed by atoms with Crippen molar-refractivity contribution in [3.05, 3.63) is 104 Å². The molecule has 39 heavy (non-hydrogen) atoms. The number of aromatic carboxylic acids is 1. The van der Waals surface area contributed by atoms with Crippen LogP contribution in [-0.2, 0) is 6.61 Å². The zero-order valence-electron chi connectivity index (χ0n) is 21.8. The number of carbonyl (C=O) groups is 1. The Balaban J connectivity index is 1.17. The van der Waals surface area contributed by atoms with Gasteiger partial charge in [-0.05, 0) is 104 Å². The molecule has 1 N–H and O–H groups in total. The Morgan fingerprint density at radius 1 is 0.949 bits per heavy atom. The van der Waals surface area contributed by atoms with Gasteiger partial charge in [0.25, 0.3) is 0 Å². The smallest absolute Gasteiger partial charge is 0.335 e. The molecule has 0 amide bonds. The predicted octanol–water partition coefficient (Wildman–Crippen LogP) is 9.08. The number of rotatable bonds is 8. The molecule has 5 nitrogen and oxygen atoms in total. The van der Waals surface area contributed by atoms with Crippen molar-refractivity contribution >= 4 is 29.2 Å². The maximum absolute atomic E-state index is 11.4. The largest absolute Gasteiger partial charge is 0.489 e. The molecule has 200 valence electrons. The summed E-state index contributed by atoms with van der Waals surface area (Å²) in [5, 5.41) is 15.1. The SMILES string of the molecule is Cc1ccc(C(=O)O)cc1C1CC(c2ccc(OCc3c(-c4c(C)cccc4Cl)noc3C3CC3)cc2Cl)C1. The summed E-state index contributed by atoms with van der Waals surface area (Å²) in [4.78, 5) is 11.4. The average molecular weight is 562 g/mol. The highest BCUT2D eigenvalue weighted by atomic mass is 35.5. The lowest BCUT2D eigenvalue weighted by atomic mass is 9.67. The molecule has 2 aliphatic rings. The summed E-state index contributed by atoms with van der Waals surface area (Å²) in [5.41, 5.74) is 7.28. The van der Waals surface area contributed by atoms with Gasteiger partial charge in [0.05, 0.1) is 16.1 Å². The lowest BCUT2D eigenvalue weighted by Crippen LogP contribution is -2.21. The van der Waals surface area contributed by atoms with E-state index in [1.807, 2.05) is 62.4 Å². The summed E-state index contributed by atoms with van der Waals surface area (Å²) in [7, 11) is 0. The number of ether oxygens (including phenoxy) is 1. The van der Waals surface area contributed by atoms with E-state index in [0.717, 1.165) is 70.5 Å². The Morgan fingerprint density at radius 3 is 2.41 bits per heavy atom. The molecule has 0 spiro atoms. The minimum absolute atomic E-state index is 0.315. The molecule has 0 bridgehead atoms. The minimum atomic E-state index is -0.893. The van der Waals surface area contributed by atoms with Crippen LogP contribution < -0.4 is 4.74 Å². The van der Waals surface area contributed by atoms with E-state index in [4.69, 9.17) is 32.5 Å². The first-order valence-electron chi connectivity index (χ1n) is 13.3. The van der Waals surface area contributed by atoms with Crippen molar-refractivity contribution in [1.29, 1.82) is 0 Å². The van der Waals surface area contributed by atoms with Gasteiger partial charge in [-0.25, -0.2) is 4.79 Å². The molecule has 1 aromatic heterocycles. The van der Waals surface area contributed by atoms with Crippen LogP contribution in [-0.4, -0.2) is 16.2 Å². The van der Waals surface area contributed by atoms with E-state index in [-0.39, 0.29) is 0 Å². The number of carboxylic acid groups (broad SMARTS) is 1. The third-order valence-electron chi connectivity index (χ3n) is 8.12. The van der Waals surface area contributed by atoms with Crippen LogP contribution in [0.3, 0.4) is 0 Å². The maximum atomic E-state index is 11.4. The molecule has 2 fully saturated rings. The van der Waals surface area contributed by atoms with Crippen molar-refractivity contribution in [1.82, 2.24) is 5.16 Å². The highest BCUT2D eigenvalue weighted by Gasteiger charge is 2.35. The molecule has 6 rings (SSSR count). The van der Waals surface area contributed by atoms with Crippen molar-refractivity contribution in [2.75, 3.05) is 0 Å². The fourth-order valence-corrected chi connectivity index (χ4v) is 6.32. The molecule has 0 atom stereocenters. The van der Waals surface area contributed by atoms with E-state index in [1.165, 1.54) is 0 Å². The summed E-state index contributed by atoms with van der Waals surface area (Å²) in [6, 6.07) is 17.1. The summed E-state index contributed by atoms with van der Waals surface area (Å²) in [6.07, 6.45) is 4.06. The van der Waals surface area contributed by atoms with Gasteiger partial charge in [-0.15, -0.1) is 0 Å². The molecule has 2 aliphatic carbocycles. The topological polar surface area (TPSA) is 72.6 Å². The lowest BCUT2D eigenvalue weighted by Gasteiger charge is -2.37. The Morgan fingerprint density at radius 2 is 1.72 bits per heavy atom. The Hall–Kier alpha value is -3.28. The zero-order valence-corrected chi connectivity index (χ0v) is 23.4. The first-order chi connectivity index (χ1) is 18.8. The van der Waals surface area contributed by atoms with E-state index < -0.39 is 5.97 Å². The molecule has 1 heterocycles. The third-order valence-corrected chi connectivity index (χ3v) is 8.77. The van der Waals surface area contributed by atoms with Crippen molar-refractivity contribution in [3.63, 3.8) is 0 Å². The van der Waals surface area contributed by atoms with Gasteiger partial charge in [-0.2, -0.15) is 0 Å². The highest BCUT2D eigenvalue weighted by Crippen LogP contribution is 2.50. The quantitative estimate of drug-likeness (QED) is 0.232. The van der Waals surface area contributed by atoms with Gasteiger partial charge in [0.1, 0.15) is 23.8 Å². The van der Waals surface area contributed by atoms with Crippen molar-refractivity contribution in [2.45, 2.75) is 63.9 Å². The van der Waals surface area contributed by atoms with Gasteiger partial charge < -0.3 is 14.4 Å². The van der Waals surface area contributed by atoms with Gasteiger partial charge in [0, 0.05) is 16.5 Å². The Labute approximate surface area is 237 Å². The zero-order chi connectivity index (χ0) is 27.3. The van der Waals surface area contributed by atoms with Crippen LogP contribution in [0.2, 0.25) is 10.0 Å². The number of benzene rings is 3. The monoisotopic (exact) mass is 561 g/mol. The number of aryl methyl sites for hydroxylation is 2. The fraction of sp³-hybridized carbons (Fsp3) is 0.312.